The molecule has 0 saturated heterocycles. The number of amides is 2. The molecule has 8 nitrogen and oxygen atoms in total. The number of carbonyl (C=O) groups excluding carboxylic acids is 3. The normalized spacial score (nSPS) is 13.0. The monoisotopic (exact) mass is 424 g/mol. The summed E-state index contributed by atoms with van der Waals surface area (Å²) in [4.78, 5) is 44.2. The summed E-state index contributed by atoms with van der Waals surface area (Å²) in [5, 5.41) is 6.90. The number of anilines is 1. The van der Waals surface area contributed by atoms with Crippen LogP contribution in [-0.4, -0.2) is 39.2 Å². The van der Waals surface area contributed by atoms with E-state index < -0.39 is 0 Å². The van der Waals surface area contributed by atoms with Gasteiger partial charge < -0.3 is 9.42 Å². The SMILES string of the molecule is Cc1cc(C(=O)Nc2nc3c(s2)CN(C(=O)CCC(=O)c2ccccc2)CC3)no1. The lowest BCUT2D eigenvalue weighted by molar-refractivity contribution is -0.132. The fourth-order valence-electron chi connectivity index (χ4n) is 3.24. The molecule has 3 heterocycles. The predicted molar refractivity (Wildman–Crippen MR) is 110 cm³/mol. The van der Waals surface area contributed by atoms with Crippen molar-refractivity contribution in [2.24, 2.45) is 0 Å². The summed E-state index contributed by atoms with van der Waals surface area (Å²) >= 11 is 1.35. The molecule has 30 heavy (non-hydrogen) atoms. The Labute approximate surface area is 176 Å². The van der Waals surface area contributed by atoms with Gasteiger partial charge in [-0.1, -0.05) is 46.8 Å². The summed E-state index contributed by atoms with van der Waals surface area (Å²) in [6.07, 6.45) is 0.980. The minimum absolute atomic E-state index is 0.0347. The molecule has 9 heteroatoms. The van der Waals surface area contributed by atoms with Gasteiger partial charge in [0.25, 0.3) is 5.91 Å². The van der Waals surface area contributed by atoms with Crippen LogP contribution in [0, 0.1) is 6.92 Å². The standard InChI is InChI=1S/C21H20N4O4S/c1-13-11-16(24-29-13)20(28)23-21-22-15-9-10-25(12-18(15)30-21)19(27)8-7-17(26)14-5-3-2-4-6-14/h2-6,11H,7-10,12H2,1H3,(H,22,23,28). The first-order valence-corrected chi connectivity index (χ1v) is 10.4. The Kier molecular flexibility index (Phi) is 5.71. The molecule has 0 atom stereocenters. The molecule has 1 aliphatic heterocycles. The summed E-state index contributed by atoms with van der Waals surface area (Å²) in [5.41, 5.74) is 1.70. The zero-order valence-corrected chi connectivity index (χ0v) is 17.2. The van der Waals surface area contributed by atoms with Gasteiger partial charge in [0.1, 0.15) is 5.76 Å². The van der Waals surface area contributed by atoms with E-state index in [1.807, 2.05) is 18.2 Å². The smallest absolute Gasteiger partial charge is 0.279 e. The van der Waals surface area contributed by atoms with Crippen molar-refractivity contribution in [3.05, 3.63) is 64.0 Å². The quantitative estimate of drug-likeness (QED) is 0.609. The van der Waals surface area contributed by atoms with E-state index in [1.165, 1.54) is 11.3 Å². The molecule has 1 N–H and O–H groups in total. The van der Waals surface area contributed by atoms with E-state index in [9.17, 15) is 14.4 Å². The Balaban J connectivity index is 1.33. The van der Waals surface area contributed by atoms with Gasteiger partial charge in [0, 0.05) is 42.3 Å². The van der Waals surface area contributed by atoms with Crippen molar-refractivity contribution in [2.45, 2.75) is 32.7 Å². The highest BCUT2D eigenvalue weighted by Crippen LogP contribution is 2.29. The van der Waals surface area contributed by atoms with Crippen molar-refractivity contribution in [1.29, 1.82) is 0 Å². The maximum Gasteiger partial charge on any atom is 0.279 e. The number of aryl methyl sites for hydroxylation is 1. The number of Topliss-reactive ketones (excluding diaryl/α,β-unsaturated/α-hetero) is 1. The number of thiazole rings is 1. The first kappa shape index (κ1) is 20.0. The molecular weight excluding hydrogens is 404 g/mol. The molecule has 1 aliphatic rings. The zero-order valence-electron chi connectivity index (χ0n) is 16.4. The lowest BCUT2D eigenvalue weighted by Crippen LogP contribution is -2.35. The van der Waals surface area contributed by atoms with Gasteiger partial charge in [-0.05, 0) is 6.92 Å². The highest BCUT2D eigenvalue weighted by molar-refractivity contribution is 7.15. The van der Waals surface area contributed by atoms with Crippen molar-refractivity contribution in [3.63, 3.8) is 0 Å². The third kappa shape index (κ3) is 4.46. The van der Waals surface area contributed by atoms with E-state index in [0.29, 0.717) is 36.0 Å². The number of nitrogens with zero attached hydrogens (tertiary/aromatic N) is 3. The van der Waals surface area contributed by atoms with E-state index >= 15 is 0 Å². The highest BCUT2D eigenvalue weighted by atomic mass is 32.1. The maximum absolute atomic E-state index is 12.6. The molecule has 1 aromatic carbocycles. The van der Waals surface area contributed by atoms with Crippen LogP contribution in [0.3, 0.4) is 0 Å². The van der Waals surface area contributed by atoms with Crippen LogP contribution in [0.15, 0.2) is 40.9 Å². The van der Waals surface area contributed by atoms with Crippen LogP contribution in [0.1, 0.15) is 50.0 Å². The number of carbonyl (C=O) groups is 3. The molecular formula is C21H20N4O4S. The summed E-state index contributed by atoms with van der Waals surface area (Å²) < 4.78 is 4.92. The van der Waals surface area contributed by atoms with Gasteiger partial charge >= 0.3 is 0 Å². The minimum Gasteiger partial charge on any atom is -0.361 e. The molecule has 2 aromatic heterocycles. The average molecular weight is 424 g/mol. The number of benzene rings is 1. The van der Waals surface area contributed by atoms with Crippen LogP contribution in [0.4, 0.5) is 5.13 Å². The molecule has 0 saturated carbocycles. The number of aromatic nitrogens is 2. The topological polar surface area (TPSA) is 105 Å². The second kappa shape index (κ2) is 8.58. The summed E-state index contributed by atoms with van der Waals surface area (Å²) in [7, 11) is 0. The van der Waals surface area contributed by atoms with E-state index in [2.05, 4.69) is 15.5 Å². The van der Waals surface area contributed by atoms with Crippen LogP contribution in [0.5, 0.6) is 0 Å². The maximum atomic E-state index is 12.6. The second-order valence-electron chi connectivity index (χ2n) is 7.02. The molecule has 4 rings (SSSR count). The number of rotatable bonds is 6. The van der Waals surface area contributed by atoms with Gasteiger partial charge in [0.05, 0.1) is 12.2 Å². The fourth-order valence-corrected chi connectivity index (χ4v) is 4.26. The summed E-state index contributed by atoms with van der Waals surface area (Å²) in [6.45, 7) is 2.69. The molecule has 0 radical (unpaired) electrons. The highest BCUT2D eigenvalue weighted by Gasteiger charge is 2.25. The van der Waals surface area contributed by atoms with Crippen molar-refractivity contribution in [2.75, 3.05) is 11.9 Å². The van der Waals surface area contributed by atoms with Crippen molar-refractivity contribution >= 4 is 34.1 Å². The second-order valence-corrected chi connectivity index (χ2v) is 8.10. The molecule has 0 unspecified atom stereocenters. The van der Waals surface area contributed by atoms with Gasteiger partial charge in [0.2, 0.25) is 5.91 Å². The van der Waals surface area contributed by atoms with E-state index in [1.54, 1.807) is 30.0 Å². The van der Waals surface area contributed by atoms with Crippen LogP contribution in [0.25, 0.3) is 0 Å². The Hall–Kier alpha value is -3.33. The molecule has 0 bridgehead atoms. The fraction of sp³-hybridized carbons (Fsp3) is 0.286. The van der Waals surface area contributed by atoms with Crippen molar-refractivity contribution in [3.8, 4) is 0 Å². The molecule has 0 aliphatic carbocycles. The Bertz CT molecular complexity index is 1090. The molecule has 3 aromatic rings. The van der Waals surface area contributed by atoms with Crippen LogP contribution in [0.2, 0.25) is 0 Å². The van der Waals surface area contributed by atoms with E-state index in [0.717, 1.165) is 10.6 Å². The van der Waals surface area contributed by atoms with Crippen molar-refractivity contribution < 1.29 is 18.9 Å². The minimum atomic E-state index is -0.384. The van der Waals surface area contributed by atoms with Gasteiger partial charge in [-0.2, -0.15) is 0 Å². The molecule has 0 fully saturated rings. The number of nitrogens with one attached hydrogen (secondary N) is 1. The molecule has 2 amide bonds. The average Bonchev–Trinajstić information content (AvgIpc) is 3.37. The number of hydrogen-bond acceptors (Lipinski definition) is 7. The van der Waals surface area contributed by atoms with E-state index in [4.69, 9.17) is 4.52 Å². The van der Waals surface area contributed by atoms with Crippen LogP contribution in [-0.2, 0) is 17.8 Å². The first-order chi connectivity index (χ1) is 14.5. The third-order valence-corrected chi connectivity index (χ3v) is 5.82. The van der Waals surface area contributed by atoms with Gasteiger partial charge in [-0.15, -0.1) is 0 Å². The Morgan fingerprint density at radius 3 is 2.73 bits per heavy atom. The Morgan fingerprint density at radius 2 is 2.00 bits per heavy atom. The van der Waals surface area contributed by atoms with Gasteiger partial charge in [-0.25, -0.2) is 4.98 Å². The first-order valence-electron chi connectivity index (χ1n) is 9.59. The predicted octanol–water partition coefficient (Wildman–Crippen LogP) is 3.24. The van der Waals surface area contributed by atoms with Gasteiger partial charge in [0.15, 0.2) is 16.6 Å². The van der Waals surface area contributed by atoms with Crippen molar-refractivity contribution in [1.82, 2.24) is 15.0 Å². The summed E-state index contributed by atoms with van der Waals surface area (Å²) in [5.74, 6) is 0.0818. The van der Waals surface area contributed by atoms with Gasteiger partial charge in [-0.3, -0.25) is 19.7 Å². The largest absolute Gasteiger partial charge is 0.361 e. The lowest BCUT2D eigenvalue weighted by atomic mass is 10.1. The number of ketones is 1. The molecule has 154 valence electrons. The van der Waals surface area contributed by atoms with E-state index in [-0.39, 0.29) is 36.1 Å². The Morgan fingerprint density at radius 1 is 1.20 bits per heavy atom. The third-order valence-electron chi connectivity index (χ3n) is 4.83. The number of fused-ring (bicyclic) bond motifs is 1. The number of hydrogen-bond donors (Lipinski definition) is 1. The lowest BCUT2D eigenvalue weighted by Gasteiger charge is -2.26. The van der Waals surface area contributed by atoms with Crippen LogP contribution >= 0.6 is 11.3 Å². The van der Waals surface area contributed by atoms with Crippen LogP contribution < -0.4 is 5.32 Å². The molecule has 0 spiro atoms. The zero-order chi connectivity index (χ0) is 21.1. The summed E-state index contributed by atoms with van der Waals surface area (Å²) in [6, 6.07) is 10.5.